The SMILES string of the molecule is O=[N+]([O-])c1cc(C2N=c3ccccc3=CO2)ccc1C1N=c2ccccc2=CO1. The third-order valence-corrected chi connectivity index (χ3v) is 4.84. The van der Waals surface area contributed by atoms with Gasteiger partial charge in [-0.2, -0.15) is 0 Å². The lowest BCUT2D eigenvalue weighted by Crippen LogP contribution is -2.29. The second-order valence-corrected chi connectivity index (χ2v) is 6.66. The Hall–Kier alpha value is -4.00. The average molecular weight is 385 g/mol. The summed E-state index contributed by atoms with van der Waals surface area (Å²) in [5.41, 5.74) is 0.887. The van der Waals surface area contributed by atoms with Gasteiger partial charge in [0.05, 0.1) is 33.7 Å². The Morgan fingerprint density at radius 3 is 2.03 bits per heavy atom. The predicted octanol–water partition coefficient (Wildman–Crippen LogP) is 1.77. The molecule has 3 aromatic rings. The number of hydrogen-bond acceptors (Lipinski definition) is 6. The van der Waals surface area contributed by atoms with Crippen molar-refractivity contribution in [1.82, 2.24) is 0 Å². The van der Waals surface area contributed by atoms with Gasteiger partial charge in [0.25, 0.3) is 5.69 Å². The first-order valence-corrected chi connectivity index (χ1v) is 9.04. The zero-order valence-electron chi connectivity index (χ0n) is 15.1. The van der Waals surface area contributed by atoms with Crippen LogP contribution in [0.3, 0.4) is 0 Å². The molecule has 2 atom stereocenters. The molecule has 0 saturated carbocycles. The quantitative estimate of drug-likeness (QED) is 0.508. The molecule has 0 aromatic heterocycles. The molecule has 0 aliphatic carbocycles. The van der Waals surface area contributed by atoms with Crippen LogP contribution in [0.5, 0.6) is 0 Å². The molecule has 7 heteroatoms. The van der Waals surface area contributed by atoms with Crippen molar-refractivity contribution in [2.75, 3.05) is 0 Å². The van der Waals surface area contributed by atoms with Gasteiger partial charge in [-0.15, -0.1) is 0 Å². The van der Waals surface area contributed by atoms with Gasteiger partial charge in [-0.05, 0) is 30.3 Å². The Kier molecular flexibility index (Phi) is 4.05. The summed E-state index contributed by atoms with van der Waals surface area (Å²) in [4.78, 5) is 20.4. The van der Waals surface area contributed by atoms with Crippen LogP contribution in [0, 0.1) is 10.1 Å². The van der Waals surface area contributed by atoms with Crippen LogP contribution in [0.25, 0.3) is 12.5 Å². The fourth-order valence-corrected chi connectivity index (χ4v) is 3.38. The molecule has 0 amide bonds. The van der Waals surface area contributed by atoms with E-state index < -0.39 is 17.4 Å². The van der Waals surface area contributed by atoms with Crippen LogP contribution in [-0.2, 0) is 9.47 Å². The maximum Gasteiger partial charge on any atom is 0.278 e. The van der Waals surface area contributed by atoms with Crippen LogP contribution < -0.4 is 21.2 Å². The average Bonchev–Trinajstić information content (AvgIpc) is 2.78. The first-order chi connectivity index (χ1) is 14.2. The monoisotopic (exact) mass is 385 g/mol. The van der Waals surface area contributed by atoms with Crippen molar-refractivity contribution in [1.29, 1.82) is 0 Å². The van der Waals surface area contributed by atoms with Crippen molar-refractivity contribution in [2.45, 2.75) is 12.5 Å². The predicted molar refractivity (Wildman–Crippen MR) is 104 cm³/mol. The molecule has 2 aliphatic heterocycles. The van der Waals surface area contributed by atoms with Gasteiger partial charge in [0, 0.05) is 22.1 Å². The van der Waals surface area contributed by atoms with E-state index in [2.05, 4.69) is 9.98 Å². The van der Waals surface area contributed by atoms with E-state index in [0.717, 1.165) is 21.2 Å². The maximum absolute atomic E-state index is 11.8. The van der Waals surface area contributed by atoms with E-state index in [1.807, 2.05) is 48.5 Å². The van der Waals surface area contributed by atoms with Gasteiger partial charge in [-0.3, -0.25) is 10.1 Å². The summed E-state index contributed by atoms with van der Waals surface area (Å²) in [5, 5.41) is 15.0. The van der Waals surface area contributed by atoms with Crippen molar-refractivity contribution in [3.05, 3.63) is 109 Å². The van der Waals surface area contributed by atoms with Gasteiger partial charge in [0.15, 0.2) is 0 Å². The van der Waals surface area contributed by atoms with Crippen molar-refractivity contribution in [2.24, 2.45) is 9.98 Å². The molecular weight excluding hydrogens is 370 g/mol. The molecule has 0 radical (unpaired) electrons. The number of para-hydroxylation sites is 2. The molecule has 0 N–H and O–H groups in total. The lowest BCUT2D eigenvalue weighted by molar-refractivity contribution is -0.386. The highest BCUT2D eigenvalue weighted by Crippen LogP contribution is 2.33. The smallest absolute Gasteiger partial charge is 0.278 e. The fraction of sp³-hybridized carbons (Fsp3) is 0.0909. The van der Waals surface area contributed by atoms with Gasteiger partial charge in [-0.25, -0.2) is 9.98 Å². The van der Waals surface area contributed by atoms with E-state index in [0.29, 0.717) is 11.1 Å². The lowest BCUT2D eigenvalue weighted by atomic mass is 10.1. The van der Waals surface area contributed by atoms with Crippen molar-refractivity contribution < 1.29 is 14.4 Å². The minimum Gasteiger partial charge on any atom is -0.471 e. The number of rotatable bonds is 3. The van der Waals surface area contributed by atoms with Gasteiger partial charge < -0.3 is 9.47 Å². The van der Waals surface area contributed by atoms with Gasteiger partial charge >= 0.3 is 0 Å². The summed E-state index contributed by atoms with van der Waals surface area (Å²) in [5.74, 6) is 0. The zero-order chi connectivity index (χ0) is 19.8. The van der Waals surface area contributed by atoms with Gasteiger partial charge in [0.1, 0.15) is 0 Å². The fourth-order valence-electron chi connectivity index (χ4n) is 3.38. The zero-order valence-corrected chi connectivity index (χ0v) is 15.1. The van der Waals surface area contributed by atoms with E-state index >= 15 is 0 Å². The Bertz CT molecular complexity index is 1370. The molecule has 2 unspecified atom stereocenters. The highest BCUT2D eigenvalue weighted by Gasteiger charge is 2.26. The van der Waals surface area contributed by atoms with Crippen LogP contribution in [0.15, 0.2) is 76.7 Å². The number of nitro groups is 1. The summed E-state index contributed by atoms with van der Waals surface area (Å²) in [7, 11) is 0. The van der Waals surface area contributed by atoms with E-state index in [1.165, 1.54) is 6.07 Å². The second-order valence-electron chi connectivity index (χ2n) is 6.66. The third kappa shape index (κ3) is 3.12. The topological polar surface area (TPSA) is 86.3 Å². The first kappa shape index (κ1) is 17.1. The van der Waals surface area contributed by atoms with Crippen molar-refractivity contribution in [3.8, 4) is 0 Å². The van der Waals surface area contributed by atoms with E-state index in [9.17, 15) is 10.1 Å². The Balaban J connectivity index is 1.55. The molecule has 0 saturated heterocycles. The molecule has 29 heavy (non-hydrogen) atoms. The van der Waals surface area contributed by atoms with Crippen LogP contribution in [0.4, 0.5) is 5.69 Å². The number of nitro benzene ring substituents is 1. The second kappa shape index (κ2) is 6.87. The van der Waals surface area contributed by atoms with Crippen molar-refractivity contribution in [3.63, 3.8) is 0 Å². The number of benzene rings is 3. The largest absolute Gasteiger partial charge is 0.471 e. The van der Waals surface area contributed by atoms with Crippen LogP contribution >= 0.6 is 0 Å². The molecule has 142 valence electrons. The molecule has 2 heterocycles. The normalized spacial score (nSPS) is 18.9. The van der Waals surface area contributed by atoms with E-state index in [4.69, 9.17) is 9.47 Å². The molecule has 0 fully saturated rings. The summed E-state index contributed by atoms with van der Waals surface area (Å²) in [6.07, 6.45) is 1.78. The number of hydrogen-bond donors (Lipinski definition) is 0. The van der Waals surface area contributed by atoms with E-state index in [1.54, 1.807) is 24.7 Å². The molecule has 3 aromatic carbocycles. The molecule has 0 spiro atoms. The Morgan fingerprint density at radius 2 is 1.38 bits per heavy atom. The lowest BCUT2D eigenvalue weighted by Gasteiger charge is -2.18. The summed E-state index contributed by atoms with van der Waals surface area (Å²) < 4.78 is 11.3. The van der Waals surface area contributed by atoms with E-state index in [-0.39, 0.29) is 5.69 Å². The number of ether oxygens (including phenoxy) is 2. The molecule has 5 rings (SSSR count). The summed E-state index contributed by atoms with van der Waals surface area (Å²) in [6.45, 7) is 0. The Morgan fingerprint density at radius 1 is 0.793 bits per heavy atom. The van der Waals surface area contributed by atoms with Gasteiger partial charge in [0.2, 0.25) is 12.5 Å². The van der Waals surface area contributed by atoms with Crippen LogP contribution in [-0.4, -0.2) is 4.92 Å². The molecule has 0 bridgehead atoms. The third-order valence-electron chi connectivity index (χ3n) is 4.84. The van der Waals surface area contributed by atoms with Crippen molar-refractivity contribution >= 4 is 18.2 Å². The number of nitrogens with zero attached hydrogens (tertiary/aromatic N) is 3. The Labute approximate surface area is 164 Å². The molecular formula is C22H15N3O4. The molecule has 7 nitrogen and oxygen atoms in total. The maximum atomic E-state index is 11.8. The first-order valence-electron chi connectivity index (χ1n) is 9.04. The van der Waals surface area contributed by atoms with Crippen LogP contribution in [0.1, 0.15) is 23.6 Å². The van der Waals surface area contributed by atoms with Crippen LogP contribution in [0.2, 0.25) is 0 Å². The summed E-state index contributed by atoms with van der Waals surface area (Å²) in [6, 6.07) is 19.9. The minimum absolute atomic E-state index is 0.0818. The standard InChI is InChI=1S/C22H15N3O4/c26-25(27)20-11-14(21-23-18-7-3-1-5-15(18)12-28-21)9-10-17(20)22-24-19-8-4-2-6-16(19)13-29-22/h1-13,21-22H. The minimum atomic E-state index is -0.782. The highest BCUT2D eigenvalue weighted by molar-refractivity contribution is 5.46. The van der Waals surface area contributed by atoms with Gasteiger partial charge in [-0.1, -0.05) is 30.3 Å². The molecule has 2 aliphatic rings. The number of fused-ring (bicyclic) bond motifs is 2. The highest BCUT2D eigenvalue weighted by atomic mass is 16.6. The summed E-state index contributed by atoms with van der Waals surface area (Å²) >= 11 is 0.